The van der Waals surface area contributed by atoms with Crippen molar-refractivity contribution in [3.05, 3.63) is 66.3 Å². The maximum Gasteiger partial charge on any atom is 0.251 e. The molecule has 3 heterocycles. The monoisotopic (exact) mass is 363 g/mol. The van der Waals surface area contributed by atoms with Crippen molar-refractivity contribution in [2.45, 2.75) is 5.92 Å². The second kappa shape index (κ2) is 7.36. The lowest BCUT2D eigenvalue weighted by molar-refractivity contribution is -0.134. The zero-order valence-electron chi connectivity index (χ0n) is 14.4. The number of nitrogens with zero attached hydrogens (tertiary/aromatic N) is 4. The minimum absolute atomic E-state index is 0.0108. The molecule has 8 heteroatoms. The van der Waals surface area contributed by atoms with Crippen LogP contribution in [0.15, 0.2) is 59.4 Å². The van der Waals surface area contributed by atoms with Gasteiger partial charge in [0.05, 0.1) is 12.5 Å². The Labute approximate surface area is 155 Å². The third-order valence-corrected chi connectivity index (χ3v) is 4.38. The number of carbonyl (C=O) groups is 2. The van der Waals surface area contributed by atoms with Gasteiger partial charge in [0.1, 0.15) is 0 Å². The first-order valence-electron chi connectivity index (χ1n) is 8.56. The summed E-state index contributed by atoms with van der Waals surface area (Å²) in [6.45, 7) is 0.953. The lowest BCUT2D eigenvalue weighted by Gasteiger charge is -2.37. The standard InChI is InChI=1S/C19H17N5O3/c25-16(10-21-18(26)13-5-2-1-3-6-13)24-11-15(12-24)19-22-17(23-27-19)14-7-4-8-20-9-14/h1-9,15H,10-12H2,(H,21,26). The molecule has 4 rings (SSSR count). The predicted octanol–water partition coefficient (Wildman–Crippen LogP) is 1.49. The third kappa shape index (κ3) is 3.69. The first kappa shape index (κ1) is 16.9. The minimum Gasteiger partial charge on any atom is -0.343 e. The van der Waals surface area contributed by atoms with Crippen LogP contribution in [-0.4, -0.2) is 51.5 Å². The molecular weight excluding hydrogens is 346 g/mol. The number of carbonyl (C=O) groups excluding carboxylic acids is 2. The van der Waals surface area contributed by atoms with Gasteiger partial charge in [0.2, 0.25) is 17.6 Å². The SMILES string of the molecule is O=C(NCC(=O)N1CC(c2nc(-c3cccnc3)no2)C1)c1ccccc1. The summed E-state index contributed by atoms with van der Waals surface area (Å²) in [5, 5.41) is 6.61. The lowest BCUT2D eigenvalue weighted by atomic mass is 10.00. The highest BCUT2D eigenvalue weighted by Crippen LogP contribution is 2.27. The molecule has 0 saturated carbocycles. The molecule has 0 atom stereocenters. The van der Waals surface area contributed by atoms with Crippen molar-refractivity contribution in [1.29, 1.82) is 0 Å². The van der Waals surface area contributed by atoms with Crippen molar-refractivity contribution >= 4 is 11.8 Å². The molecule has 2 amide bonds. The van der Waals surface area contributed by atoms with Crippen LogP contribution in [0, 0.1) is 0 Å². The molecule has 136 valence electrons. The van der Waals surface area contributed by atoms with E-state index in [1.165, 1.54) is 0 Å². The number of pyridine rings is 1. The Bertz CT molecular complexity index is 936. The molecule has 27 heavy (non-hydrogen) atoms. The van der Waals surface area contributed by atoms with Gasteiger partial charge in [-0.1, -0.05) is 23.4 Å². The highest BCUT2D eigenvalue weighted by Gasteiger charge is 2.35. The maximum atomic E-state index is 12.2. The summed E-state index contributed by atoms with van der Waals surface area (Å²) >= 11 is 0. The number of aromatic nitrogens is 3. The highest BCUT2D eigenvalue weighted by molar-refractivity contribution is 5.96. The molecule has 0 bridgehead atoms. The molecule has 2 aromatic heterocycles. The van der Waals surface area contributed by atoms with Crippen LogP contribution >= 0.6 is 0 Å². The van der Waals surface area contributed by atoms with Crippen molar-refractivity contribution in [2.24, 2.45) is 0 Å². The van der Waals surface area contributed by atoms with Crippen LogP contribution < -0.4 is 5.32 Å². The predicted molar refractivity (Wildman–Crippen MR) is 95.6 cm³/mol. The smallest absolute Gasteiger partial charge is 0.251 e. The van der Waals surface area contributed by atoms with Crippen LogP contribution in [0.4, 0.5) is 0 Å². The molecule has 0 aliphatic carbocycles. The second-order valence-electron chi connectivity index (χ2n) is 6.24. The van der Waals surface area contributed by atoms with Crippen LogP contribution in [0.2, 0.25) is 0 Å². The van der Waals surface area contributed by atoms with Crippen LogP contribution in [-0.2, 0) is 4.79 Å². The topological polar surface area (TPSA) is 101 Å². The van der Waals surface area contributed by atoms with Crippen molar-refractivity contribution in [3.63, 3.8) is 0 Å². The van der Waals surface area contributed by atoms with Gasteiger partial charge in [-0.15, -0.1) is 0 Å². The summed E-state index contributed by atoms with van der Waals surface area (Å²) in [6, 6.07) is 12.5. The highest BCUT2D eigenvalue weighted by atomic mass is 16.5. The van der Waals surface area contributed by atoms with Gasteiger partial charge in [-0.05, 0) is 24.3 Å². The van der Waals surface area contributed by atoms with E-state index in [-0.39, 0.29) is 24.3 Å². The Balaban J connectivity index is 1.27. The Morgan fingerprint density at radius 3 is 2.70 bits per heavy atom. The van der Waals surface area contributed by atoms with Gasteiger partial charge < -0.3 is 14.7 Å². The molecule has 0 unspecified atom stereocenters. The van der Waals surface area contributed by atoms with E-state index in [4.69, 9.17) is 4.52 Å². The summed E-state index contributed by atoms with van der Waals surface area (Å²) in [6.07, 6.45) is 3.34. The van der Waals surface area contributed by atoms with E-state index in [0.29, 0.717) is 30.4 Å². The summed E-state index contributed by atoms with van der Waals surface area (Å²) in [4.78, 5) is 34.3. The Hall–Kier alpha value is -3.55. The summed E-state index contributed by atoms with van der Waals surface area (Å²) in [5.74, 6) is 0.600. The number of nitrogens with one attached hydrogen (secondary N) is 1. The van der Waals surface area contributed by atoms with Gasteiger partial charge in [0.25, 0.3) is 5.91 Å². The molecule has 3 aromatic rings. The van der Waals surface area contributed by atoms with Crippen molar-refractivity contribution < 1.29 is 14.1 Å². The zero-order valence-corrected chi connectivity index (χ0v) is 14.4. The molecule has 1 fully saturated rings. The Morgan fingerprint density at radius 1 is 1.15 bits per heavy atom. The third-order valence-electron chi connectivity index (χ3n) is 4.38. The van der Waals surface area contributed by atoms with E-state index in [2.05, 4.69) is 20.4 Å². The first-order valence-corrected chi connectivity index (χ1v) is 8.56. The fourth-order valence-corrected chi connectivity index (χ4v) is 2.81. The molecule has 0 radical (unpaired) electrons. The fraction of sp³-hybridized carbons (Fsp3) is 0.211. The van der Waals surface area contributed by atoms with E-state index in [9.17, 15) is 9.59 Å². The van der Waals surface area contributed by atoms with Crippen molar-refractivity contribution in [1.82, 2.24) is 25.3 Å². The van der Waals surface area contributed by atoms with Gasteiger partial charge >= 0.3 is 0 Å². The molecule has 1 saturated heterocycles. The molecule has 1 N–H and O–H groups in total. The summed E-state index contributed by atoms with van der Waals surface area (Å²) in [5.41, 5.74) is 1.31. The van der Waals surface area contributed by atoms with E-state index in [0.717, 1.165) is 5.56 Å². The van der Waals surface area contributed by atoms with Gasteiger partial charge in [-0.25, -0.2) is 0 Å². The van der Waals surface area contributed by atoms with Crippen LogP contribution in [0.3, 0.4) is 0 Å². The number of rotatable bonds is 5. The molecule has 8 nitrogen and oxygen atoms in total. The average Bonchev–Trinajstić information content (AvgIpc) is 3.16. The van der Waals surface area contributed by atoms with Crippen LogP contribution in [0.5, 0.6) is 0 Å². The quantitative estimate of drug-likeness (QED) is 0.737. The number of benzene rings is 1. The van der Waals surface area contributed by atoms with Gasteiger partial charge in [-0.2, -0.15) is 4.98 Å². The Morgan fingerprint density at radius 2 is 1.96 bits per heavy atom. The summed E-state index contributed by atoms with van der Waals surface area (Å²) in [7, 11) is 0. The average molecular weight is 363 g/mol. The van der Waals surface area contributed by atoms with Crippen molar-refractivity contribution in [2.75, 3.05) is 19.6 Å². The molecular formula is C19H17N5O3. The zero-order chi connectivity index (χ0) is 18.6. The number of hydrogen-bond donors (Lipinski definition) is 1. The Kier molecular flexibility index (Phi) is 4.61. The van der Waals surface area contributed by atoms with Crippen molar-refractivity contribution in [3.8, 4) is 11.4 Å². The van der Waals surface area contributed by atoms with E-state index >= 15 is 0 Å². The van der Waals surface area contributed by atoms with Gasteiger partial charge in [0, 0.05) is 36.6 Å². The lowest BCUT2D eigenvalue weighted by Crippen LogP contribution is -2.51. The molecule has 1 aliphatic rings. The van der Waals surface area contributed by atoms with E-state index in [1.54, 1.807) is 47.6 Å². The van der Waals surface area contributed by atoms with Gasteiger partial charge in [0.15, 0.2) is 0 Å². The largest absolute Gasteiger partial charge is 0.343 e. The van der Waals surface area contributed by atoms with E-state index in [1.807, 2.05) is 12.1 Å². The molecule has 1 aliphatic heterocycles. The van der Waals surface area contributed by atoms with Crippen LogP contribution in [0.25, 0.3) is 11.4 Å². The fourth-order valence-electron chi connectivity index (χ4n) is 2.81. The summed E-state index contributed by atoms with van der Waals surface area (Å²) < 4.78 is 5.31. The second-order valence-corrected chi connectivity index (χ2v) is 6.24. The van der Waals surface area contributed by atoms with Gasteiger partial charge in [-0.3, -0.25) is 14.6 Å². The number of hydrogen-bond acceptors (Lipinski definition) is 6. The number of likely N-dealkylation sites (tertiary alicyclic amines) is 1. The maximum absolute atomic E-state index is 12.2. The first-order chi connectivity index (χ1) is 13.2. The van der Waals surface area contributed by atoms with Crippen LogP contribution in [0.1, 0.15) is 22.2 Å². The number of amides is 2. The normalized spacial score (nSPS) is 13.9. The van der Waals surface area contributed by atoms with E-state index < -0.39 is 0 Å². The minimum atomic E-state index is -0.265. The molecule has 1 aromatic carbocycles. The molecule has 0 spiro atoms.